The third-order valence-corrected chi connectivity index (χ3v) is 5.07. The Hall–Kier alpha value is -2.08. The van der Waals surface area contributed by atoms with E-state index in [0.717, 1.165) is 19.4 Å². The van der Waals surface area contributed by atoms with Gasteiger partial charge in [0.1, 0.15) is 5.75 Å². The Kier molecular flexibility index (Phi) is 8.58. The normalized spacial score (nSPS) is 15.4. The first kappa shape index (κ1) is 21.2. The molecule has 0 N–H and O–H groups in total. The molecule has 1 aliphatic rings. The third-order valence-electron chi connectivity index (χ3n) is 5.07. The Balaban J connectivity index is 2.01. The van der Waals surface area contributed by atoms with Crippen LogP contribution in [0.2, 0.25) is 0 Å². The second-order valence-corrected chi connectivity index (χ2v) is 7.13. The number of rotatable bonds is 10. The quantitative estimate of drug-likeness (QED) is 0.464. The number of carbonyl (C=O) groups is 2. The highest BCUT2D eigenvalue weighted by Crippen LogP contribution is 2.20. The molecule has 0 aliphatic carbocycles. The molecule has 0 radical (unpaired) electrons. The Labute approximate surface area is 162 Å². The van der Waals surface area contributed by atoms with Crippen LogP contribution in [-0.4, -0.2) is 68.6 Å². The zero-order chi connectivity index (χ0) is 19.6. The predicted molar refractivity (Wildman–Crippen MR) is 105 cm³/mol. The second kappa shape index (κ2) is 10.9. The van der Waals surface area contributed by atoms with Gasteiger partial charge in [0, 0.05) is 13.1 Å². The van der Waals surface area contributed by atoms with Crippen molar-refractivity contribution in [3.8, 4) is 5.75 Å². The summed E-state index contributed by atoms with van der Waals surface area (Å²) < 4.78 is 10.2. The van der Waals surface area contributed by atoms with Gasteiger partial charge >= 0.3 is 5.97 Å². The summed E-state index contributed by atoms with van der Waals surface area (Å²) in [4.78, 5) is 29.2. The number of amides is 1. The molecule has 0 bridgehead atoms. The highest BCUT2D eigenvalue weighted by molar-refractivity contribution is 5.97. The number of hydrogen-bond donors (Lipinski definition) is 0. The van der Waals surface area contributed by atoms with Gasteiger partial charge in [0.25, 0.3) is 5.91 Å². The molecule has 1 heterocycles. The van der Waals surface area contributed by atoms with Crippen LogP contribution >= 0.6 is 0 Å². The standard InChI is InChI=1S/C21H32N2O4/c1-17(21(25)27-3)16-23(15-9-8-14-22-12-6-7-13-22)20(24)18-10-4-5-11-19(18)26-2/h4-5,10-11,17H,6-9,12-16H2,1-3H3. The van der Waals surface area contributed by atoms with Crippen molar-refractivity contribution in [2.75, 3.05) is 46.9 Å². The van der Waals surface area contributed by atoms with E-state index >= 15 is 0 Å². The van der Waals surface area contributed by atoms with Crippen molar-refractivity contribution in [3.05, 3.63) is 29.8 Å². The molecule has 6 heteroatoms. The SMILES string of the molecule is COC(=O)C(C)CN(CCCCN1CCCC1)C(=O)c1ccccc1OC. The van der Waals surface area contributed by atoms with Crippen molar-refractivity contribution in [1.29, 1.82) is 0 Å². The average Bonchev–Trinajstić information content (AvgIpc) is 3.22. The molecule has 150 valence electrons. The molecule has 1 aliphatic heterocycles. The van der Waals surface area contributed by atoms with Gasteiger partial charge in [-0.1, -0.05) is 19.1 Å². The van der Waals surface area contributed by atoms with E-state index in [9.17, 15) is 9.59 Å². The molecule has 1 aromatic carbocycles. The lowest BCUT2D eigenvalue weighted by Gasteiger charge is -2.26. The zero-order valence-corrected chi connectivity index (χ0v) is 16.8. The maximum atomic E-state index is 13.1. The first-order chi connectivity index (χ1) is 13.1. The number of para-hydroxylation sites is 1. The number of benzene rings is 1. The van der Waals surface area contributed by atoms with E-state index in [0.29, 0.717) is 24.4 Å². The lowest BCUT2D eigenvalue weighted by molar-refractivity contribution is -0.145. The summed E-state index contributed by atoms with van der Waals surface area (Å²) in [5, 5.41) is 0. The lowest BCUT2D eigenvalue weighted by atomic mass is 10.1. The second-order valence-electron chi connectivity index (χ2n) is 7.13. The van der Waals surface area contributed by atoms with Gasteiger partial charge in [-0.3, -0.25) is 9.59 Å². The van der Waals surface area contributed by atoms with Crippen LogP contribution in [0, 0.1) is 5.92 Å². The van der Waals surface area contributed by atoms with E-state index in [1.165, 1.54) is 33.0 Å². The van der Waals surface area contributed by atoms with E-state index < -0.39 is 0 Å². The summed E-state index contributed by atoms with van der Waals surface area (Å²) in [6.07, 6.45) is 4.53. The van der Waals surface area contributed by atoms with Gasteiger partial charge in [0.15, 0.2) is 0 Å². The summed E-state index contributed by atoms with van der Waals surface area (Å²) in [5.41, 5.74) is 0.525. The average molecular weight is 376 g/mol. The van der Waals surface area contributed by atoms with Crippen LogP contribution in [0.1, 0.15) is 43.0 Å². The minimum Gasteiger partial charge on any atom is -0.496 e. The molecule has 0 aromatic heterocycles. The summed E-state index contributed by atoms with van der Waals surface area (Å²) in [6.45, 7) is 6.19. The maximum Gasteiger partial charge on any atom is 0.310 e. The van der Waals surface area contributed by atoms with Crippen molar-refractivity contribution in [3.63, 3.8) is 0 Å². The largest absolute Gasteiger partial charge is 0.496 e. The highest BCUT2D eigenvalue weighted by atomic mass is 16.5. The molecular formula is C21H32N2O4. The van der Waals surface area contributed by atoms with Gasteiger partial charge < -0.3 is 19.3 Å². The van der Waals surface area contributed by atoms with Crippen LogP contribution < -0.4 is 4.74 Å². The van der Waals surface area contributed by atoms with Crippen molar-refractivity contribution in [2.45, 2.75) is 32.6 Å². The first-order valence-electron chi connectivity index (χ1n) is 9.79. The maximum absolute atomic E-state index is 13.1. The van der Waals surface area contributed by atoms with E-state index in [-0.39, 0.29) is 17.8 Å². The molecule has 1 aromatic rings. The fourth-order valence-corrected chi connectivity index (χ4v) is 3.52. The number of carbonyl (C=O) groups excluding carboxylic acids is 2. The number of methoxy groups -OCH3 is 2. The Morgan fingerprint density at radius 3 is 2.52 bits per heavy atom. The molecular weight excluding hydrogens is 344 g/mol. The van der Waals surface area contributed by atoms with Crippen molar-refractivity contribution < 1.29 is 19.1 Å². The number of esters is 1. The molecule has 1 atom stereocenters. The number of nitrogens with zero attached hydrogens (tertiary/aromatic N) is 2. The molecule has 2 rings (SSSR count). The van der Waals surface area contributed by atoms with Crippen LogP contribution in [0.25, 0.3) is 0 Å². The molecule has 27 heavy (non-hydrogen) atoms. The molecule has 1 unspecified atom stereocenters. The van der Waals surface area contributed by atoms with Crippen LogP contribution in [0.15, 0.2) is 24.3 Å². The molecule has 6 nitrogen and oxygen atoms in total. The van der Waals surface area contributed by atoms with Crippen LogP contribution in [0.3, 0.4) is 0 Å². The summed E-state index contributed by atoms with van der Waals surface area (Å²) in [6, 6.07) is 7.21. The number of unbranched alkanes of at least 4 members (excludes halogenated alkanes) is 1. The van der Waals surface area contributed by atoms with Crippen molar-refractivity contribution in [1.82, 2.24) is 9.80 Å². The van der Waals surface area contributed by atoms with Crippen molar-refractivity contribution >= 4 is 11.9 Å². The summed E-state index contributed by atoms with van der Waals surface area (Å²) >= 11 is 0. The summed E-state index contributed by atoms with van der Waals surface area (Å²) in [5.74, 6) is -0.225. The van der Waals surface area contributed by atoms with Gasteiger partial charge in [-0.15, -0.1) is 0 Å². The smallest absolute Gasteiger partial charge is 0.310 e. The van der Waals surface area contributed by atoms with E-state index in [1.54, 1.807) is 31.1 Å². The van der Waals surface area contributed by atoms with Gasteiger partial charge in [-0.05, 0) is 57.5 Å². The van der Waals surface area contributed by atoms with E-state index in [2.05, 4.69) is 4.90 Å². The number of hydrogen-bond acceptors (Lipinski definition) is 5. The molecule has 1 amide bonds. The summed E-state index contributed by atoms with van der Waals surface area (Å²) in [7, 11) is 2.94. The highest BCUT2D eigenvalue weighted by Gasteiger charge is 2.24. The lowest BCUT2D eigenvalue weighted by Crippen LogP contribution is -2.38. The third kappa shape index (κ3) is 6.24. The Morgan fingerprint density at radius 2 is 1.85 bits per heavy atom. The van der Waals surface area contributed by atoms with E-state index in [4.69, 9.17) is 9.47 Å². The topological polar surface area (TPSA) is 59.1 Å². The molecule has 1 fully saturated rings. The zero-order valence-electron chi connectivity index (χ0n) is 16.8. The van der Waals surface area contributed by atoms with Gasteiger partial charge in [-0.2, -0.15) is 0 Å². The fourth-order valence-electron chi connectivity index (χ4n) is 3.52. The number of likely N-dealkylation sites (tertiary alicyclic amines) is 1. The molecule has 0 saturated carbocycles. The van der Waals surface area contributed by atoms with E-state index in [1.807, 2.05) is 12.1 Å². The van der Waals surface area contributed by atoms with Gasteiger partial charge in [0.05, 0.1) is 25.7 Å². The van der Waals surface area contributed by atoms with Crippen LogP contribution in [0.4, 0.5) is 0 Å². The molecule has 0 spiro atoms. The van der Waals surface area contributed by atoms with Crippen molar-refractivity contribution in [2.24, 2.45) is 5.92 Å². The predicted octanol–water partition coefficient (Wildman–Crippen LogP) is 2.82. The molecule has 1 saturated heterocycles. The number of ether oxygens (including phenoxy) is 2. The minimum absolute atomic E-state index is 0.107. The van der Waals surface area contributed by atoms with Crippen LogP contribution in [-0.2, 0) is 9.53 Å². The Morgan fingerprint density at radius 1 is 1.15 bits per heavy atom. The first-order valence-corrected chi connectivity index (χ1v) is 9.79. The monoisotopic (exact) mass is 376 g/mol. The van der Waals surface area contributed by atoms with Gasteiger partial charge in [0.2, 0.25) is 0 Å². The Bertz CT molecular complexity index is 614. The minimum atomic E-state index is -0.368. The fraction of sp³-hybridized carbons (Fsp3) is 0.619. The van der Waals surface area contributed by atoms with Gasteiger partial charge in [-0.25, -0.2) is 0 Å². The van der Waals surface area contributed by atoms with Crippen LogP contribution in [0.5, 0.6) is 5.75 Å².